The van der Waals surface area contributed by atoms with E-state index in [4.69, 9.17) is 23.2 Å². The van der Waals surface area contributed by atoms with Crippen LogP contribution in [0.25, 0.3) is 0 Å². The minimum absolute atomic E-state index is 0.0759. The molecule has 8 heteroatoms. The van der Waals surface area contributed by atoms with Crippen LogP contribution < -0.4 is 9.62 Å². The highest BCUT2D eigenvalue weighted by molar-refractivity contribution is 7.89. The van der Waals surface area contributed by atoms with Gasteiger partial charge in [-0.15, -0.1) is 0 Å². The van der Waals surface area contributed by atoms with Gasteiger partial charge in [-0.2, -0.15) is 0 Å². The summed E-state index contributed by atoms with van der Waals surface area (Å²) in [5.41, 5.74) is 0.681. The molecule has 1 aromatic heterocycles. The third-order valence-electron chi connectivity index (χ3n) is 4.65. The molecule has 140 valence electrons. The molecule has 0 spiro atoms. The lowest BCUT2D eigenvalue weighted by Gasteiger charge is -2.32. The molecule has 1 aliphatic heterocycles. The average Bonchev–Trinajstić information content (AvgIpc) is 2.64. The number of nitrogens with zero attached hydrogens (tertiary/aromatic N) is 2. The lowest BCUT2D eigenvalue weighted by Crippen LogP contribution is -2.39. The van der Waals surface area contributed by atoms with E-state index < -0.39 is 10.0 Å². The van der Waals surface area contributed by atoms with Gasteiger partial charge in [-0.25, -0.2) is 18.1 Å². The first-order valence-corrected chi connectivity index (χ1v) is 10.7. The monoisotopic (exact) mass is 413 g/mol. The highest BCUT2D eigenvalue weighted by Crippen LogP contribution is 2.28. The van der Waals surface area contributed by atoms with E-state index in [2.05, 4.69) is 14.6 Å². The van der Waals surface area contributed by atoms with Gasteiger partial charge < -0.3 is 4.90 Å². The number of nitrogens with one attached hydrogen (secondary N) is 1. The van der Waals surface area contributed by atoms with E-state index in [0.29, 0.717) is 17.1 Å². The van der Waals surface area contributed by atoms with Gasteiger partial charge in [-0.3, -0.25) is 0 Å². The fourth-order valence-electron chi connectivity index (χ4n) is 3.05. The zero-order valence-corrected chi connectivity index (χ0v) is 16.8. The number of hydrogen-bond donors (Lipinski definition) is 1. The molecule has 26 heavy (non-hydrogen) atoms. The average molecular weight is 414 g/mol. The van der Waals surface area contributed by atoms with Gasteiger partial charge in [0.05, 0.1) is 5.02 Å². The van der Waals surface area contributed by atoms with Crippen molar-refractivity contribution in [2.24, 2.45) is 5.92 Å². The summed E-state index contributed by atoms with van der Waals surface area (Å²) >= 11 is 12.1. The maximum absolute atomic E-state index is 12.6. The Bertz CT molecular complexity index is 868. The molecular formula is C18H21Cl2N3O2S. The van der Waals surface area contributed by atoms with Crippen LogP contribution in [-0.2, 0) is 10.0 Å². The largest absolute Gasteiger partial charge is 0.357 e. The summed E-state index contributed by atoms with van der Waals surface area (Å²) in [5, 5.41) is 0.592. The molecule has 5 nitrogen and oxygen atoms in total. The Hall–Kier alpha value is -1.34. The Morgan fingerprint density at radius 3 is 2.58 bits per heavy atom. The van der Waals surface area contributed by atoms with Crippen LogP contribution in [0.4, 0.5) is 5.82 Å². The van der Waals surface area contributed by atoms with E-state index in [9.17, 15) is 8.42 Å². The number of pyridine rings is 1. The smallest absolute Gasteiger partial charge is 0.242 e. The zero-order chi connectivity index (χ0) is 18.7. The van der Waals surface area contributed by atoms with E-state index in [1.54, 1.807) is 13.1 Å². The molecule has 0 bridgehead atoms. The number of aryl methyl sites for hydroxylation is 1. The molecule has 3 rings (SSSR count). The van der Waals surface area contributed by atoms with Gasteiger partial charge in [0.1, 0.15) is 10.7 Å². The van der Waals surface area contributed by atoms with Crippen molar-refractivity contribution >= 4 is 39.0 Å². The van der Waals surface area contributed by atoms with Gasteiger partial charge in [0, 0.05) is 30.9 Å². The summed E-state index contributed by atoms with van der Waals surface area (Å²) in [6, 6.07) is 8.85. The number of sulfonamides is 1. The first-order valence-electron chi connectivity index (χ1n) is 8.48. The van der Waals surface area contributed by atoms with Crippen LogP contribution in [0.3, 0.4) is 0 Å². The predicted octanol–water partition coefficient (Wildman–Crippen LogP) is 3.89. The van der Waals surface area contributed by atoms with Crippen LogP contribution in [0.1, 0.15) is 18.4 Å². The third-order valence-corrected chi connectivity index (χ3v) is 6.95. The Kier molecular flexibility index (Phi) is 6.07. The van der Waals surface area contributed by atoms with Crippen molar-refractivity contribution < 1.29 is 8.42 Å². The molecular weight excluding hydrogens is 393 g/mol. The molecule has 1 N–H and O–H groups in total. The summed E-state index contributed by atoms with van der Waals surface area (Å²) in [6.45, 7) is 3.88. The summed E-state index contributed by atoms with van der Waals surface area (Å²) in [6.07, 6.45) is 3.60. The molecule has 1 saturated heterocycles. The summed E-state index contributed by atoms with van der Waals surface area (Å²) in [7, 11) is -3.66. The topological polar surface area (TPSA) is 62.3 Å². The third kappa shape index (κ3) is 4.49. The van der Waals surface area contributed by atoms with Crippen molar-refractivity contribution in [1.29, 1.82) is 0 Å². The van der Waals surface area contributed by atoms with Crippen molar-refractivity contribution in [3.05, 3.63) is 52.1 Å². The Balaban J connectivity index is 1.59. The zero-order valence-electron chi connectivity index (χ0n) is 14.5. The van der Waals surface area contributed by atoms with Gasteiger partial charge in [0.25, 0.3) is 0 Å². The van der Waals surface area contributed by atoms with Crippen LogP contribution in [-0.4, -0.2) is 33.0 Å². The number of halogens is 2. The maximum Gasteiger partial charge on any atom is 0.242 e. The summed E-state index contributed by atoms with van der Waals surface area (Å²) in [5.74, 6) is 1.26. The second kappa shape index (κ2) is 8.13. The second-order valence-corrected chi connectivity index (χ2v) is 9.05. The molecule has 0 saturated carbocycles. The minimum Gasteiger partial charge on any atom is -0.357 e. The van der Waals surface area contributed by atoms with Gasteiger partial charge >= 0.3 is 0 Å². The van der Waals surface area contributed by atoms with Crippen molar-refractivity contribution in [3.63, 3.8) is 0 Å². The first kappa shape index (κ1) is 19.4. The van der Waals surface area contributed by atoms with Gasteiger partial charge in [0.15, 0.2) is 0 Å². The number of aromatic nitrogens is 1. The Labute approximate surface area is 164 Å². The number of hydrogen-bond acceptors (Lipinski definition) is 4. The van der Waals surface area contributed by atoms with Gasteiger partial charge in [-0.1, -0.05) is 29.3 Å². The van der Waals surface area contributed by atoms with E-state index in [1.165, 1.54) is 12.1 Å². The molecule has 0 radical (unpaired) electrons. The number of piperidine rings is 1. The lowest BCUT2D eigenvalue weighted by atomic mass is 9.97. The molecule has 0 unspecified atom stereocenters. The van der Waals surface area contributed by atoms with Crippen LogP contribution in [0.2, 0.25) is 10.0 Å². The van der Waals surface area contributed by atoms with Gasteiger partial charge in [-0.05, 0) is 55.5 Å². The number of rotatable bonds is 5. The summed E-state index contributed by atoms with van der Waals surface area (Å²) in [4.78, 5) is 6.67. The second-order valence-electron chi connectivity index (χ2n) is 6.50. The number of benzene rings is 1. The fourth-order valence-corrected chi connectivity index (χ4v) is 5.00. The van der Waals surface area contributed by atoms with Crippen molar-refractivity contribution in [1.82, 2.24) is 9.71 Å². The fraction of sp³-hybridized carbons (Fsp3) is 0.389. The van der Waals surface area contributed by atoms with Crippen LogP contribution in [0, 0.1) is 12.8 Å². The van der Waals surface area contributed by atoms with Crippen LogP contribution in [0.15, 0.2) is 41.4 Å². The van der Waals surface area contributed by atoms with Gasteiger partial charge in [0.2, 0.25) is 10.0 Å². The molecule has 0 aliphatic carbocycles. The van der Waals surface area contributed by atoms with Crippen molar-refractivity contribution in [2.45, 2.75) is 24.7 Å². The Morgan fingerprint density at radius 2 is 1.92 bits per heavy atom. The van der Waals surface area contributed by atoms with Crippen LogP contribution in [0.5, 0.6) is 0 Å². The molecule has 1 fully saturated rings. The van der Waals surface area contributed by atoms with E-state index in [0.717, 1.165) is 31.7 Å². The lowest BCUT2D eigenvalue weighted by molar-refractivity contribution is 0.400. The quantitative estimate of drug-likeness (QED) is 0.807. The highest BCUT2D eigenvalue weighted by atomic mass is 35.5. The summed E-state index contributed by atoms with van der Waals surface area (Å²) < 4.78 is 27.9. The SMILES string of the molecule is Cc1cc(S(=O)(=O)NCC2CCN(c3ccccn3)CC2)c(Cl)cc1Cl. The van der Waals surface area contributed by atoms with Crippen molar-refractivity contribution in [2.75, 3.05) is 24.5 Å². The molecule has 0 amide bonds. The van der Waals surface area contributed by atoms with E-state index in [-0.39, 0.29) is 15.8 Å². The minimum atomic E-state index is -3.66. The molecule has 1 aromatic carbocycles. The molecule has 1 aliphatic rings. The standard InChI is InChI=1S/C18H21Cl2N3O2S/c1-13-10-17(16(20)11-15(13)19)26(24,25)22-12-14-5-8-23(9-6-14)18-4-2-3-7-21-18/h2-4,7,10-11,14,22H,5-6,8-9,12H2,1H3. The molecule has 2 heterocycles. The first-order chi connectivity index (χ1) is 12.4. The van der Waals surface area contributed by atoms with Crippen molar-refractivity contribution in [3.8, 4) is 0 Å². The number of anilines is 1. The maximum atomic E-state index is 12.6. The molecule has 0 atom stereocenters. The van der Waals surface area contributed by atoms with E-state index >= 15 is 0 Å². The predicted molar refractivity (Wildman–Crippen MR) is 106 cm³/mol. The van der Waals surface area contributed by atoms with E-state index in [1.807, 2.05) is 18.2 Å². The van der Waals surface area contributed by atoms with Crippen LogP contribution >= 0.6 is 23.2 Å². The Morgan fingerprint density at radius 1 is 1.19 bits per heavy atom. The molecule has 2 aromatic rings. The normalized spacial score (nSPS) is 16.0. The highest BCUT2D eigenvalue weighted by Gasteiger charge is 2.24.